The summed E-state index contributed by atoms with van der Waals surface area (Å²) < 4.78 is 24.8. The van der Waals surface area contributed by atoms with E-state index in [-0.39, 0.29) is 12.3 Å². The molecular formula is C21H20FN3O4S. The molecule has 3 rings (SSSR count). The lowest BCUT2D eigenvalue weighted by molar-refractivity contribution is -0.120. The molecule has 0 fully saturated rings. The van der Waals surface area contributed by atoms with Crippen molar-refractivity contribution in [2.24, 2.45) is 5.10 Å². The van der Waals surface area contributed by atoms with Gasteiger partial charge in [-0.25, -0.2) is 9.82 Å². The predicted molar refractivity (Wildman–Crippen MR) is 114 cm³/mol. The first-order chi connectivity index (χ1) is 14.6. The van der Waals surface area contributed by atoms with Crippen LogP contribution in [0, 0.1) is 0 Å². The number of halogens is 1. The Morgan fingerprint density at radius 1 is 1.10 bits per heavy atom. The molecule has 7 nitrogen and oxygen atoms in total. The van der Waals surface area contributed by atoms with Gasteiger partial charge in [-0.1, -0.05) is 18.2 Å². The Morgan fingerprint density at radius 2 is 1.87 bits per heavy atom. The molecule has 1 aromatic heterocycles. The number of amides is 2. The van der Waals surface area contributed by atoms with Crippen LogP contribution in [0.2, 0.25) is 0 Å². The number of methoxy groups -OCH3 is 2. The minimum absolute atomic E-state index is 0.118. The highest BCUT2D eigenvalue weighted by molar-refractivity contribution is 7.17. The number of carbonyl (C=O) groups is 2. The van der Waals surface area contributed by atoms with Gasteiger partial charge in [0.2, 0.25) is 0 Å². The summed E-state index contributed by atoms with van der Waals surface area (Å²) in [5.41, 5.74) is 3.34. The predicted octanol–water partition coefficient (Wildman–Crippen LogP) is 3.14. The van der Waals surface area contributed by atoms with Crippen molar-refractivity contribution in [2.75, 3.05) is 27.4 Å². The third-order valence-corrected chi connectivity index (χ3v) is 5.25. The minimum Gasteiger partial charge on any atom is -0.493 e. The fourth-order valence-corrected chi connectivity index (χ4v) is 3.74. The Labute approximate surface area is 176 Å². The van der Waals surface area contributed by atoms with Gasteiger partial charge in [-0.3, -0.25) is 9.59 Å². The summed E-state index contributed by atoms with van der Waals surface area (Å²) in [6.45, 7) is -1.15. The van der Waals surface area contributed by atoms with E-state index >= 15 is 0 Å². The van der Waals surface area contributed by atoms with E-state index in [2.05, 4.69) is 15.8 Å². The second-order valence-corrected chi connectivity index (χ2v) is 7.04. The summed E-state index contributed by atoms with van der Waals surface area (Å²) in [6, 6.07) is 12.2. The lowest BCUT2D eigenvalue weighted by atomic mass is 10.1. The van der Waals surface area contributed by atoms with Gasteiger partial charge < -0.3 is 14.8 Å². The monoisotopic (exact) mass is 429 g/mol. The smallest absolute Gasteiger partial charge is 0.259 e. The second-order valence-electron chi connectivity index (χ2n) is 6.13. The van der Waals surface area contributed by atoms with Gasteiger partial charge in [0.05, 0.1) is 20.8 Å². The number of fused-ring (bicyclic) bond motifs is 1. The first-order valence-corrected chi connectivity index (χ1v) is 9.83. The van der Waals surface area contributed by atoms with Crippen molar-refractivity contribution in [1.82, 2.24) is 10.7 Å². The number of hydrogen-bond donors (Lipinski definition) is 2. The number of nitrogens with one attached hydrogen (secondary N) is 2. The molecule has 2 aromatic carbocycles. The number of hydrogen-bond acceptors (Lipinski definition) is 6. The van der Waals surface area contributed by atoms with Crippen LogP contribution < -0.4 is 20.2 Å². The number of rotatable bonds is 8. The summed E-state index contributed by atoms with van der Waals surface area (Å²) in [7, 11) is 2.96. The van der Waals surface area contributed by atoms with Crippen molar-refractivity contribution < 1.29 is 23.5 Å². The SMILES string of the molecule is COc1ccc(C(=O)NCC(=O)N/N=C(\CF)c2csc3ccccc23)cc1OC. The number of hydrazone groups is 1. The molecule has 0 aliphatic rings. The van der Waals surface area contributed by atoms with Crippen LogP contribution in [0.4, 0.5) is 4.39 Å². The molecule has 3 aromatic rings. The molecule has 0 spiro atoms. The standard InChI is InChI=1S/C21H20FN3O4S/c1-28-17-8-7-13(9-18(17)29-2)21(27)23-11-20(26)25-24-16(10-22)15-12-30-19-6-4-3-5-14(15)19/h3-9,12H,10-11H2,1-2H3,(H,23,27)(H,25,26)/b24-16+. The van der Waals surface area contributed by atoms with Crippen molar-refractivity contribution in [3.05, 3.63) is 59.0 Å². The Hall–Kier alpha value is -3.46. The minimum atomic E-state index is -0.834. The van der Waals surface area contributed by atoms with Crippen LogP contribution in [0.3, 0.4) is 0 Å². The largest absolute Gasteiger partial charge is 0.493 e. The van der Waals surface area contributed by atoms with Crippen LogP contribution in [0.15, 0.2) is 52.9 Å². The van der Waals surface area contributed by atoms with E-state index in [0.29, 0.717) is 22.6 Å². The molecular weight excluding hydrogens is 409 g/mol. The molecule has 156 valence electrons. The van der Waals surface area contributed by atoms with Gasteiger partial charge in [0.15, 0.2) is 11.5 Å². The van der Waals surface area contributed by atoms with Crippen molar-refractivity contribution in [1.29, 1.82) is 0 Å². The molecule has 0 aliphatic carbocycles. The molecule has 0 radical (unpaired) electrons. The van der Waals surface area contributed by atoms with Crippen molar-refractivity contribution >= 4 is 38.9 Å². The number of nitrogens with zero attached hydrogens (tertiary/aromatic N) is 1. The lowest BCUT2D eigenvalue weighted by Crippen LogP contribution is -2.35. The van der Waals surface area contributed by atoms with Crippen LogP contribution in [0.1, 0.15) is 15.9 Å². The number of carbonyl (C=O) groups excluding carboxylic acids is 2. The maximum atomic E-state index is 13.5. The fourth-order valence-electron chi connectivity index (χ4n) is 2.77. The van der Waals surface area contributed by atoms with Gasteiger partial charge in [-0.2, -0.15) is 5.10 Å². The zero-order valence-corrected chi connectivity index (χ0v) is 17.2. The van der Waals surface area contributed by atoms with Crippen molar-refractivity contribution in [3.8, 4) is 11.5 Å². The summed E-state index contributed by atoms with van der Waals surface area (Å²) >= 11 is 1.47. The quantitative estimate of drug-likeness (QED) is 0.425. The van der Waals surface area contributed by atoms with E-state index in [0.717, 1.165) is 10.1 Å². The third kappa shape index (κ3) is 4.74. The molecule has 0 saturated carbocycles. The summed E-state index contributed by atoms with van der Waals surface area (Å²) in [4.78, 5) is 24.3. The summed E-state index contributed by atoms with van der Waals surface area (Å²) in [5, 5.41) is 9.05. The molecule has 9 heteroatoms. The Balaban J connectivity index is 1.61. The Bertz CT molecular complexity index is 1100. The van der Waals surface area contributed by atoms with E-state index in [9.17, 15) is 14.0 Å². The maximum Gasteiger partial charge on any atom is 0.259 e. The molecule has 2 N–H and O–H groups in total. The number of alkyl halides is 1. The Morgan fingerprint density at radius 3 is 2.60 bits per heavy atom. The molecule has 0 atom stereocenters. The van der Waals surface area contributed by atoms with Gasteiger partial charge >= 0.3 is 0 Å². The fraction of sp³-hybridized carbons (Fsp3) is 0.190. The Kier molecular flexibility index (Phi) is 6.97. The molecule has 0 bridgehead atoms. The maximum absolute atomic E-state index is 13.5. The van der Waals surface area contributed by atoms with Gasteiger partial charge in [0.25, 0.3) is 11.8 Å². The average Bonchev–Trinajstić information content (AvgIpc) is 3.21. The zero-order chi connectivity index (χ0) is 21.5. The number of benzene rings is 2. The average molecular weight is 429 g/mol. The topological polar surface area (TPSA) is 89.0 Å². The van der Waals surface area contributed by atoms with Crippen LogP contribution in [0.25, 0.3) is 10.1 Å². The van der Waals surface area contributed by atoms with Crippen LogP contribution >= 0.6 is 11.3 Å². The van der Waals surface area contributed by atoms with Crippen LogP contribution in [-0.2, 0) is 4.79 Å². The van der Waals surface area contributed by atoms with Gasteiger partial charge in [0.1, 0.15) is 12.4 Å². The highest BCUT2D eigenvalue weighted by atomic mass is 32.1. The normalized spacial score (nSPS) is 11.2. The van der Waals surface area contributed by atoms with E-state index in [4.69, 9.17) is 9.47 Å². The van der Waals surface area contributed by atoms with E-state index in [1.807, 2.05) is 24.3 Å². The molecule has 30 heavy (non-hydrogen) atoms. The van der Waals surface area contributed by atoms with Gasteiger partial charge in [-0.05, 0) is 24.3 Å². The van der Waals surface area contributed by atoms with E-state index < -0.39 is 18.5 Å². The molecule has 0 aliphatic heterocycles. The van der Waals surface area contributed by atoms with Crippen LogP contribution in [-0.4, -0.2) is 45.0 Å². The summed E-state index contributed by atoms with van der Waals surface area (Å²) in [5.74, 6) is -0.158. The molecule has 2 amide bonds. The molecule has 0 saturated heterocycles. The highest BCUT2D eigenvalue weighted by Crippen LogP contribution is 2.27. The number of ether oxygens (including phenoxy) is 2. The zero-order valence-electron chi connectivity index (χ0n) is 16.4. The first-order valence-electron chi connectivity index (χ1n) is 8.95. The first kappa shape index (κ1) is 21.3. The molecule has 1 heterocycles. The molecule has 0 unspecified atom stereocenters. The van der Waals surface area contributed by atoms with Gasteiger partial charge in [-0.15, -0.1) is 11.3 Å². The van der Waals surface area contributed by atoms with Crippen LogP contribution in [0.5, 0.6) is 11.5 Å². The van der Waals surface area contributed by atoms with Crippen molar-refractivity contribution in [3.63, 3.8) is 0 Å². The third-order valence-electron chi connectivity index (χ3n) is 4.29. The van der Waals surface area contributed by atoms with E-state index in [1.54, 1.807) is 17.5 Å². The van der Waals surface area contributed by atoms with E-state index in [1.165, 1.54) is 31.6 Å². The number of thiophene rings is 1. The van der Waals surface area contributed by atoms with Gasteiger partial charge in [0, 0.05) is 26.6 Å². The lowest BCUT2D eigenvalue weighted by Gasteiger charge is -2.10. The second kappa shape index (κ2) is 9.84. The summed E-state index contributed by atoms with van der Waals surface area (Å²) in [6.07, 6.45) is 0. The van der Waals surface area contributed by atoms with Crippen molar-refractivity contribution in [2.45, 2.75) is 0 Å². The highest BCUT2D eigenvalue weighted by Gasteiger charge is 2.13.